The third kappa shape index (κ3) is 9.43. The van der Waals surface area contributed by atoms with Crippen LogP contribution in [0.4, 0.5) is 11.6 Å². The SMILES string of the molecule is CC(C)Cc1nc2c(N(Cc3ccccc3)Cc3ccccc3)nc3c(c2n1CC(C)C)CCCC3.CC(C)Cc1nc2c(N)nc3c(c2n1CC(C)C)CCCC3. The van der Waals surface area contributed by atoms with Crippen molar-refractivity contribution in [1.29, 1.82) is 0 Å². The van der Waals surface area contributed by atoms with Crippen LogP contribution in [0.2, 0.25) is 0 Å². The molecule has 0 atom stereocenters. The fraction of sp³-hybridized carbons (Fsp3) is 0.520. The molecule has 8 rings (SSSR count). The zero-order chi connectivity index (χ0) is 40.9. The minimum absolute atomic E-state index is 0.560. The Morgan fingerprint density at radius 1 is 0.534 bits per heavy atom. The van der Waals surface area contributed by atoms with Gasteiger partial charge in [-0.05, 0) is 97.3 Å². The van der Waals surface area contributed by atoms with Crippen molar-refractivity contribution >= 4 is 33.7 Å². The number of aromatic nitrogens is 6. The standard InChI is InChI=1S/C32H40N4.C18H28N4/c1-23(2)19-29-34-30-31(36(29)20-24(3)4)27-17-11-12-18-28(27)33-32(30)35(21-25-13-7-5-8-14-25)22-26-15-9-6-10-16-26;1-11(2)9-15-21-16-17(22(15)10-12(3)4)13-7-5-6-8-14(13)20-18(16)19/h5-10,13-16,23-24H,11-12,17-22H2,1-4H3;11-12H,5-10H2,1-4H3,(H2,19,20). The Balaban J connectivity index is 0.000000199. The lowest BCUT2D eigenvalue weighted by atomic mass is 9.94. The zero-order valence-corrected chi connectivity index (χ0v) is 36.7. The molecule has 0 aliphatic heterocycles. The normalized spacial score (nSPS) is 14.1. The summed E-state index contributed by atoms with van der Waals surface area (Å²) >= 11 is 0. The van der Waals surface area contributed by atoms with Crippen molar-refractivity contribution in [3.63, 3.8) is 0 Å². The predicted octanol–water partition coefficient (Wildman–Crippen LogP) is 11.1. The first-order valence-electron chi connectivity index (χ1n) is 22.4. The lowest BCUT2D eigenvalue weighted by Gasteiger charge is -2.27. The molecular weight excluding hydrogens is 713 g/mol. The minimum atomic E-state index is 0.560. The number of hydrogen-bond acceptors (Lipinski definition) is 6. The van der Waals surface area contributed by atoms with Crippen molar-refractivity contribution in [2.75, 3.05) is 10.6 Å². The number of anilines is 2. The van der Waals surface area contributed by atoms with Gasteiger partial charge in [0, 0.05) is 50.4 Å². The second-order valence-corrected chi connectivity index (χ2v) is 18.7. The maximum atomic E-state index is 6.24. The van der Waals surface area contributed by atoms with Gasteiger partial charge in [0.15, 0.2) is 11.6 Å². The second kappa shape index (κ2) is 18.5. The van der Waals surface area contributed by atoms with Gasteiger partial charge in [0.05, 0.1) is 11.0 Å². The van der Waals surface area contributed by atoms with E-state index in [1.54, 1.807) is 0 Å². The molecule has 2 N–H and O–H groups in total. The Kier molecular flexibility index (Phi) is 13.2. The quantitative estimate of drug-likeness (QED) is 0.125. The van der Waals surface area contributed by atoms with Crippen LogP contribution in [0.3, 0.4) is 0 Å². The third-order valence-electron chi connectivity index (χ3n) is 11.5. The number of pyridine rings is 2. The molecule has 8 heteroatoms. The van der Waals surface area contributed by atoms with Crippen LogP contribution in [0.25, 0.3) is 22.1 Å². The molecule has 0 saturated heterocycles. The van der Waals surface area contributed by atoms with Gasteiger partial charge < -0.3 is 19.8 Å². The van der Waals surface area contributed by atoms with Crippen molar-refractivity contribution in [1.82, 2.24) is 29.1 Å². The van der Waals surface area contributed by atoms with Crippen molar-refractivity contribution < 1.29 is 0 Å². The topological polar surface area (TPSA) is 90.7 Å². The summed E-state index contributed by atoms with van der Waals surface area (Å²) in [5.41, 5.74) is 18.8. The van der Waals surface area contributed by atoms with Crippen LogP contribution in [0, 0.1) is 23.7 Å². The van der Waals surface area contributed by atoms with E-state index < -0.39 is 0 Å². The monoisotopic (exact) mass is 781 g/mol. The van der Waals surface area contributed by atoms with E-state index in [1.807, 2.05) is 0 Å². The molecule has 2 aliphatic rings. The van der Waals surface area contributed by atoms with Crippen LogP contribution in [0.1, 0.15) is 126 Å². The average molecular weight is 781 g/mol. The van der Waals surface area contributed by atoms with Crippen LogP contribution in [0.5, 0.6) is 0 Å². The van der Waals surface area contributed by atoms with Gasteiger partial charge in [-0.25, -0.2) is 19.9 Å². The lowest BCUT2D eigenvalue weighted by Crippen LogP contribution is -2.25. The largest absolute Gasteiger partial charge is 0.382 e. The van der Waals surface area contributed by atoms with Crippen LogP contribution < -0.4 is 10.6 Å². The number of nitrogens with two attached hydrogens (primary N) is 1. The molecule has 8 nitrogen and oxygen atoms in total. The summed E-state index contributed by atoms with van der Waals surface area (Å²) in [4.78, 5) is 22.8. The highest BCUT2D eigenvalue weighted by Gasteiger charge is 2.27. The van der Waals surface area contributed by atoms with E-state index in [9.17, 15) is 0 Å². The molecule has 4 aromatic heterocycles. The fourth-order valence-electron chi connectivity index (χ4n) is 9.06. The maximum absolute atomic E-state index is 6.24. The van der Waals surface area contributed by atoms with Crippen LogP contribution in [0.15, 0.2) is 60.7 Å². The highest BCUT2D eigenvalue weighted by atomic mass is 15.2. The molecule has 4 heterocycles. The number of nitrogen functional groups attached to an aromatic ring is 1. The Labute approximate surface area is 347 Å². The molecule has 0 spiro atoms. The molecule has 58 heavy (non-hydrogen) atoms. The van der Waals surface area contributed by atoms with Crippen molar-refractivity contribution in [3.05, 3.63) is 106 Å². The molecule has 308 valence electrons. The molecule has 0 bridgehead atoms. The number of benzene rings is 2. The zero-order valence-electron chi connectivity index (χ0n) is 36.7. The summed E-state index contributed by atoms with van der Waals surface area (Å²) in [7, 11) is 0. The molecule has 0 amide bonds. The molecular formula is C50H68N8. The summed E-state index contributed by atoms with van der Waals surface area (Å²) in [5, 5.41) is 0. The van der Waals surface area contributed by atoms with Crippen LogP contribution in [-0.4, -0.2) is 29.1 Å². The molecule has 2 aromatic carbocycles. The number of rotatable bonds is 13. The Morgan fingerprint density at radius 2 is 0.966 bits per heavy atom. The predicted molar refractivity (Wildman–Crippen MR) is 242 cm³/mol. The summed E-state index contributed by atoms with van der Waals surface area (Å²) in [6.07, 6.45) is 11.3. The molecule has 0 radical (unpaired) electrons. The summed E-state index contributed by atoms with van der Waals surface area (Å²) in [5.74, 6) is 6.36. The van der Waals surface area contributed by atoms with Gasteiger partial charge >= 0.3 is 0 Å². The van der Waals surface area contributed by atoms with E-state index in [0.29, 0.717) is 29.5 Å². The smallest absolute Gasteiger partial charge is 0.157 e. The first-order chi connectivity index (χ1) is 28.0. The summed E-state index contributed by atoms with van der Waals surface area (Å²) in [6, 6.07) is 21.6. The van der Waals surface area contributed by atoms with Crippen molar-refractivity contribution in [2.45, 2.75) is 146 Å². The molecule has 0 unspecified atom stereocenters. The first-order valence-corrected chi connectivity index (χ1v) is 22.4. The van der Waals surface area contributed by atoms with Gasteiger partial charge in [-0.2, -0.15) is 0 Å². The van der Waals surface area contributed by atoms with Gasteiger partial charge in [-0.15, -0.1) is 0 Å². The highest BCUT2D eigenvalue weighted by Crippen LogP contribution is 2.37. The Hall–Kier alpha value is -4.72. The molecule has 0 fully saturated rings. The average Bonchev–Trinajstić information content (AvgIpc) is 3.72. The number of aryl methyl sites for hydroxylation is 4. The van der Waals surface area contributed by atoms with Gasteiger partial charge in [0.1, 0.15) is 22.7 Å². The number of hydrogen-bond donors (Lipinski definition) is 1. The minimum Gasteiger partial charge on any atom is -0.382 e. The van der Waals surface area contributed by atoms with Gasteiger partial charge in [-0.1, -0.05) is 116 Å². The van der Waals surface area contributed by atoms with E-state index in [-0.39, 0.29) is 0 Å². The van der Waals surface area contributed by atoms with Crippen molar-refractivity contribution in [2.24, 2.45) is 23.7 Å². The Bertz CT molecular complexity index is 2240. The Morgan fingerprint density at radius 3 is 1.43 bits per heavy atom. The van der Waals surface area contributed by atoms with E-state index in [2.05, 4.69) is 135 Å². The summed E-state index contributed by atoms with van der Waals surface area (Å²) < 4.78 is 4.99. The van der Waals surface area contributed by atoms with E-state index in [1.165, 1.54) is 82.0 Å². The highest BCUT2D eigenvalue weighted by molar-refractivity contribution is 5.91. The number of fused-ring (bicyclic) bond motifs is 6. The molecule has 6 aromatic rings. The first kappa shape index (κ1) is 41.4. The molecule has 0 saturated carbocycles. The second-order valence-electron chi connectivity index (χ2n) is 18.7. The number of imidazole rings is 2. The van der Waals surface area contributed by atoms with Gasteiger partial charge in [0.2, 0.25) is 0 Å². The molecule has 2 aliphatic carbocycles. The third-order valence-corrected chi connectivity index (χ3v) is 11.5. The summed E-state index contributed by atoms with van der Waals surface area (Å²) in [6.45, 7) is 21.9. The van der Waals surface area contributed by atoms with E-state index >= 15 is 0 Å². The fourth-order valence-corrected chi connectivity index (χ4v) is 9.06. The van der Waals surface area contributed by atoms with Crippen LogP contribution >= 0.6 is 0 Å². The van der Waals surface area contributed by atoms with E-state index in [0.717, 1.165) is 81.6 Å². The maximum Gasteiger partial charge on any atom is 0.157 e. The van der Waals surface area contributed by atoms with Gasteiger partial charge in [-0.3, -0.25) is 0 Å². The number of nitrogens with zero attached hydrogens (tertiary/aromatic N) is 7. The van der Waals surface area contributed by atoms with Gasteiger partial charge in [0.25, 0.3) is 0 Å². The van der Waals surface area contributed by atoms with Crippen LogP contribution in [-0.2, 0) is 64.7 Å². The lowest BCUT2D eigenvalue weighted by molar-refractivity contribution is 0.498. The van der Waals surface area contributed by atoms with Crippen molar-refractivity contribution in [3.8, 4) is 0 Å². The van der Waals surface area contributed by atoms with E-state index in [4.69, 9.17) is 20.7 Å².